The summed E-state index contributed by atoms with van der Waals surface area (Å²) in [6.07, 6.45) is -1.77. The van der Waals surface area contributed by atoms with Gasteiger partial charge in [-0.05, 0) is 74.1 Å². The van der Waals surface area contributed by atoms with Gasteiger partial charge in [-0.1, -0.05) is 13.8 Å². The van der Waals surface area contributed by atoms with Crippen molar-refractivity contribution in [3.63, 3.8) is 0 Å². The second kappa shape index (κ2) is 16.9. The van der Waals surface area contributed by atoms with E-state index in [-0.39, 0.29) is 39.3 Å². The minimum Gasteiger partial charge on any atom is -0.388 e. The first-order valence-electron chi connectivity index (χ1n) is 14.2. The molecule has 236 valence electrons. The van der Waals surface area contributed by atoms with Crippen LogP contribution in [0.1, 0.15) is 74.7 Å². The van der Waals surface area contributed by atoms with Crippen molar-refractivity contribution in [1.82, 2.24) is 15.5 Å². The molecule has 11 heteroatoms. The lowest BCUT2D eigenvalue weighted by atomic mass is 9.92. The van der Waals surface area contributed by atoms with Gasteiger partial charge in [0.25, 0.3) is 11.8 Å². The summed E-state index contributed by atoms with van der Waals surface area (Å²) in [5, 5.41) is 27.5. The molecule has 3 amide bonds. The average molecular weight is 596 g/mol. The van der Waals surface area contributed by atoms with Gasteiger partial charge in [0.2, 0.25) is 5.91 Å². The Morgan fingerprint density at radius 2 is 1.48 bits per heavy atom. The van der Waals surface area contributed by atoms with Gasteiger partial charge in [0.1, 0.15) is 23.8 Å². The number of carbonyl (C=O) groups excluding carboxylic acids is 3. The van der Waals surface area contributed by atoms with Crippen LogP contribution in [-0.4, -0.2) is 83.9 Å². The summed E-state index contributed by atoms with van der Waals surface area (Å²) in [7, 11) is 1.44. The van der Waals surface area contributed by atoms with Gasteiger partial charge >= 0.3 is 0 Å². The highest BCUT2D eigenvalue weighted by molar-refractivity contribution is 6.00. The standard InChI is InChI=1S/C31H43F2N3O6.2H2/c1-6-9-36(10-7-2)31(41)23-13-19(3)12-22(17-23)30(40)35-27(16-21-14-24(32)18-25(33)15-21)29(39)28(38)26(8-11-42-5)34-20(4)37;;/h12-15,17-18,26-29,38-39H,6-11,16H2,1-5H3,(H,34,37)(H,35,40);2*1H/t26-,27+,28-,29-;;/m1../s1. The van der Waals surface area contributed by atoms with Crippen LogP contribution in [0, 0.1) is 18.6 Å². The largest absolute Gasteiger partial charge is 0.388 e. The molecule has 2 aromatic rings. The van der Waals surface area contributed by atoms with Crippen molar-refractivity contribution in [1.29, 1.82) is 0 Å². The van der Waals surface area contributed by atoms with Crippen LogP contribution in [0.4, 0.5) is 8.78 Å². The van der Waals surface area contributed by atoms with E-state index >= 15 is 0 Å². The molecule has 4 atom stereocenters. The highest BCUT2D eigenvalue weighted by atomic mass is 19.1. The molecular formula is C31H47F2N3O6. The number of carbonyl (C=O) groups is 3. The van der Waals surface area contributed by atoms with Crippen molar-refractivity contribution in [2.24, 2.45) is 0 Å². The number of halogens is 2. The Labute approximate surface area is 249 Å². The molecule has 9 nitrogen and oxygen atoms in total. The Bertz CT molecular complexity index is 1200. The number of aryl methyl sites for hydroxylation is 1. The first-order valence-corrected chi connectivity index (χ1v) is 14.2. The molecule has 0 saturated carbocycles. The third-order valence-corrected chi connectivity index (χ3v) is 6.75. The summed E-state index contributed by atoms with van der Waals surface area (Å²) in [5.74, 6) is -3.01. The van der Waals surface area contributed by atoms with Crippen molar-refractivity contribution in [3.8, 4) is 0 Å². The highest BCUT2D eigenvalue weighted by Crippen LogP contribution is 2.18. The Balaban J connectivity index is 0.00000924. The molecule has 0 radical (unpaired) electrons. The van der Waals surface area contributed by atoms with E-state index in [0.717, 1.165) is 25.0 Å². The normalized spacial score (nSPS) is 14.0. The van der Waals surface area contributed by atoms with Crippen LogP contribution in [0.2, 0.25) is 0 Å². The molecule has 0 aliphatic rings. The summed E-state index contributed by atoms with van der Waals surface area (Å²) >= 11 is 0. The highest BCUT2D eigenvalue weighted by Gasteiger charge is 2.34. The maximum Gasteiger partial charge on any atom is 0.253 e. The number of aliphatic hydroxyl groups is 2. The quantitative estimate of drug-likeness (QED) is 0.235. The summed E-state index contributed by atoms with van der Waals surface area (Å²) in [6.45, 7) is 8.24. The van der Waals surface area contributed by atoms with Crippen LogP contribution in [-0.2, 0) is 16.0 Å². The second-order valence-corrected chi connectivity index (χ2v) is 10.5. The maximum atomic E-state index is 14.0. The van der Waals surface area contributed by atoms with Crippen molar-refractivity contribution >= 4 is 17.7 Å². The zero-order valence-electron chi connectivity index (χ0n) is 25.0. The molecule has 0 heterocycles. The van der Waals surface area contributed by atoms with Gasteiger partial charge < -0.3 is 30.5 Å². The fourth-order valence-corrected chi connectivity index (χ4v) is 4.88. The predicted octanol–water partition coefficient (Wildman–Crippen LogP) is 3.63. The zero-order valence-corrected chi connectivity index (χ0v) is 25.0. The molecule has 0 bridgehead atoms. The number of aliphatic hydroxyl groups excluding tert-OH is 2. The first-order chi connectivity index (χ1) is 19.9. The molecule has 0 unspecified atom stereocenters. The third-order valence-electron chi connectivity index (χ3n) is 6.75. The Hall–Kier alpha value is -3.41. The number of rotatable bonds is 16. The van der Waals surface area contributed by atoms with Crippen LogP contribution >= 0.6 is 0 Å². The fourth-order valence-electron chi connectivity index (χ4n) is 4.88. The van der Waals surface area contributed by atoms with Crippen LogP contribution < -0.4 is 10.6 Å². The molecule has 0 spiro atoms. The van der Waals surface area contributed by atoms with Gasteiger partial charge in [-0.25, -0.2) is 8.78 Å². The van der Waals surface area contributed by atoms with Gasteiger partial charge in [0.05, 0.1) is 12.1 Å². The monoisotopic (exact) mass is 595 g/mol. The number of nitrogens with one attached hydrogen (secondary N) is 2. The SMILES string of the molecule is CCCN(CCC)C(=O)c1cc(C)cc(C(=O)N[C@@H](Cc2cc(F)cc(F)c2)[C@@H](O)[C@H](O)[C@@H](CCOC)NC(C)=O)c1.[HH].[HH]. The van der Waals surface area contributed by atoms with Gasteiger partial charge in [-0.2, -0.15) is 0 Å². The third kappa shape index (κ3) is 10.5. The molecule has 0 aromatic heterocycles. The molecule has 0 saturated heterocycles. The lowest BCUT2D eigenvalue weighted by molar-refractivity contribution is -0.121. The number of hydrogen-bond donors (Lipinski definition) is 4. The molecule has 0 aliphatic heterocycles. The summed E-state index contributed by atoms with van der Waals surface area (Å²) < 4.78 is 33.0. The molecule has 0 aliphatic carbocycles. The van der Waals surface area contributed by atoms with E-state index in [0.29, 0.717) is 30.3 Å². The van der Waals surface area contributed by atoms with Crippen LogP contribution in [0.15, 0.2) is 36.4 Å². The van der Waals surface area contributed by atoms with E-state index in [1.165, 1.54) is 20.1 Å². The van der Waals surface area contributed by atoms with Crippen LogP contribution in [0.3, 0.4) is 0 Å². The maximum absolute atomic E-state index is 14.0. The molecule has 2 rings (SSSR count). The van der Waals surface area contributed by atoms with E-state index in [9.17, 15) is 33.4 Å². The van der Waals surface area contributed by atoms with Crippen LogP contribution in [0.25, 0.3) is 0 Å². The molecule has 4 N–H and O–H groups in total. The Kier molecular flexibility index (Phi) is 14.0. The minimum atomic E-state index is -1.66. The second-order valence-electron chi connectivity index (χ2n) is 10.5. The topological polar surface area (TPSA) is 128 Å². The molecular weight excluding hydrogens is 548 g/mol. The smallest absolute Gasteiger partial charge is 0.253 e. The van der Waals surface area contributed by atoms with Crippen molar-refractivity contribution < 1.29 is 41.0 Å². The van der Waals surface area contributed by atoms with Crippen molar-refractivity contribution in [3.05, 3.63) is 70.3 Å². The molecule has 42 heavy (non-hydrogen) atoms. The first kappa shape index (κ1) is 34.8. The lowest BCUT2D eigenvalue weighted by Gasteiger charge is -2.33. The van der Waals surface area contributed by atoms with E-state index in [2.05, 4.69) is 10.6 Å². The van der Waals surface area contributed by atoms with Crippen LogP contribution in [0.5, 0.6) is 0 Å². The zero-order chi connectivity index (χ0) is 31.4. The number of benzene rings is 2. The Morgan fingerprint density at radius 3 is 2.02 bits per heavy atom. The lowest BCUT2D eigenvalue weighted by Crippen LogP contribution is -2.56. The van der Waals surface area contributed by atoms with Gasteiger partial charge in [0.15, 0.2) is 0 Å². The van der Waals surface area contributed by atoms with E-state index in [1.807, 2.05) is 13.8 Å². The summed E-state index contributed by atoms with van der Waals surface area (Å²) in [4.78, 5) is 40.2. The van der Waals surface area contributed by atoms with Gasteiger partial charge in [-0.15, -0.1) is 0 Å². The molecule has 2 aromatic carbocycles. The number of methoxy groups -OCH3 is 1. The number of hydrogen-bond acceptors (Lipinski definition) is 6. The number of amides is 3. The fraction of sp³-hybridized carbons (Fsp3) is 0.516. The van der Waals surface area contributed by atoms with Gasteiger partial charge in [0, 0.05) is 53.8 Å². The van der Waals surface area contributed by atoms with E-state index in [1.54, 1.807) is 24.0 Å². The van der Waals surface area contributed by atoms with E-state index < -0.39 is 47.7 Å². The van der Waals surface area contributed by atoms with Crippen molar-refractivity contribution in [2.45, 2.75) is 77.7 Å². The molecule has 0 fully saturated rings. The summed E-state index contributed by atoms with van der Waals surface area (Å²) in [6, 6.07) is 5.40. The summed E-state index contributed by atoms with van der Waals surface area (Å²) in [5.41, 5.74) is 1.26. The van der Waals surface area contributed by atoms with Gasteiger partial charge in [-0.3, -0.25) is 14.4 Å². The average Bonchev–Trinajstić information content (AvgIpc) is 2.92. The van der Waals surface area contributed by atoms with Crippen molar-refractivity contribution in [2.75, 3.05) is 26.8 Å². The van der Waals surface area contributed by atoms with E-state index in [4.69, 9.17) is 4.74 Å². The predicted molar refractivity (Wildman–Crippen MR) is 159 cm³/mol. The Morgan fingerprint density at radius 1 is 0.905 bits per heavy atom. The minimum absolute atomic E-state index is 0. The number of ether oxygens (including phenoxy) is 1. The number of nitrogens with zero attached hydrogens (tertiary/aromatic N) is 1.